The lowest BCUT2D eigenvalue weighted by Crippen LogP contribution is -2.51. The zero-order valence-electron chi connectivity index (χ0n) is 11.7. The molecule has 0 radical (unpaired) electrons. The van der Waals surface area contributed by atoms with Gasteiger partial charge in [-0.25, -0.2) is 0 Å². The number of hydrogen-bond acceptors (Lipinski definition) is 3. The summed E-state index contributed by atoms with van der Waals surface area (Å²) in [6.07, 6.45) is 5.43. The third-order valence-corrected chi connectivity index (χ3v) is 5.95. The van der Waals surface area contributed by atoms with Crippen LogP contribution >= 0.6 is 0 Å². The summed E-state index contributed by atoms with van der Waals surface area (Å²) in [7, 11) is 1.76. The van der Waals surface area contributed by atoms with E-state index in [-0.39, 0.29) is 11.7 Å². The van der Waals surface area contributed by atoms with Gasteiger partial charge in [-0.15, -0.1) is 0 Å². The van der Waals surface area contributed by atoms with E-state index in [1.165, 1.54) is 6.42 Å². The van der Waals surface area contributed by atoms with Crippen LogP contribution in [0.4, 0.5) is 0 Å². The third-order valence-electron chi connectivity index (χ3n) is 5.95. The van der Waals surface area contributed by atoms with E-state index in [4.69, 9.17) is 9.47 Å². The van der Waals surface area contributed by atoms with Crippen molar-refractivity contribution in [1.82, 2.24) is 0 Å². The van der Waals surface area contributed by atoms with Gasteiger partial charge in [0.2, 0.25) is 0 Å². The molecule has 0 N–H and O–H groups in total. The Hall–Kier alpha value is -0.410. The van der Waals surface area contributed by atoms with Crippen molar-refractivity contribution in [3.63, 3.8) is 0 Å². The number of ketones is 1. The molecule has 102 valence electrons. The summed E-state index contributed by atoms with van der Waals surface area (Å²) in [5.41, 5.74) is 0.330. The van der Waals surface area contributed by atoms with Crippen molar-refractivity contribution in [1.29, 1.82) is 0 Å². The van der Waals surface area contributed by atoms with Gasteiger partial charge in [0.05, 0.1) is 6.61 Å². The lowest BCUT2D eigenvalue weighted by Gasteiger charge is -2.49. The molecule has 0 amide bonds. The summed E-state index contributed by atoms with van der Waals surface area (Å²) in [5, 5.41) is 0. The Balaban J connectivity index is 1.97. The summed E-state index contributed by atoms with van der Waals surface area (Å²) in [6.45, 7) is 4.92. The molecule has 3 nitrogen and oxygen atoms in total. The predicted octanol–water partition coefficient (Wildman–Crippen LogP) is 2.78. The van der Waals surface area contributed by atoms with Crippen molar-refractivity contribution in [3.8, 4) is 0 Å². The zero-order chi connectivity index (χ0) is 13.0. The van der Waals surface area contributed by atoms with Crippen molar-refractivity contribution in [2.24, 2.45) is 23.2 Å². The van der Waals surface area contributed by atoms with Gasteiger partial charge in [0, 0.05) is 25.4 Å². The summed E-state index contributed by atoms with van der Waals surface area (Å²) in [6, 6.07) is 0. The molecule has 0 aromatic heterocycles. The lowest BCUT2D eigenvalue weighted by molar-refractivity contribution is -0.254. The SMILES string of the molecule is CO[C@]12CC[C@@]3(C)CC[C@@H](C(C)=O)[C@@H]3[C@H]1CCO2. The summed E-state index contributed by atoms with van der Waals surface area (Å²) in [4.78, 5) is 11.9. The fourth-order valence-electron chi connectivity index (χ4n) is 5.00. The van der Waals surface area contributed by atoms with Crippen LogP contribution in [0.2, 0.25) is 0 Å². The maximum Gasteiger partial charge on any atom is 0.171 e. The average molecular weight is 252 g/mol. The molecule has 3 aliphatic rings. The Labute approximate surface area is 109 Å². The van der Waals surface area contributed by atoms with E-state index in [9.17, 15) is 4.79 Å². The van der Waals surface area contributed by atoms with Crippen LogP contribution in [-0.2, 0) is 14.3 Å². The second-order valence-electron chi connectivity index (χ2n) is 6.70. The van der Waals surface area contributed by atoms with E-state index in [0.29, 0.717) is 23.0 Å². The second-order valence-corrected chi connectivity index (χ2v) is 6.70. The first-order chi connectivity index (χ1) is 8.52. The monoisotopic (exact) mass is 252 g/mol. The maximum absolute atomic E-state index is 11.9. The number of Topliss-reactive ketones (excluding diaryl/α,β-unsaturated/α-hetero) is 1. The molecule has 0 aromatic rings. The summed E-state index contributed by atoms with van der Waals surface area (Å²) in [5.74, 6) is 1.09. The minimum atomic E-state index is -0.387. The predicted molar refractivity (Wildman–Crippen MR) is 68.0 cm³/mol. The number of ether oxygens (including phenoxy) is 2. The van der Waals surface area contributed by atoms with Crippen LogP contribution in [0.3, 0.4) is 0 Å². The molecular formula is C15H24O3. The maximum atomic E-state index is 11.9. The molecule has 2 saturated carbocycles. The van der Waals surface area contributed by atoms with E-state index >= 15 is 0 Å². The van der Waals surface area contributed by atoms with E-state index in [0.717, 1.165) is 32.3 Å². The number of carbonyl (C=O) groups is 1. The van der Waals surface area contributed by atoms with Crippen molar-refractivity contribution >= 4 is 5.78 Å². The van der Waals surface area contributed by atoms with E-state index in [1.807, 2.05) is 0 Å². The molecule has 2 aliphatic carbocycles. The van der Waals surface area contributed by atoms with Gasteiger partial charge in [0.15, 0.2) is 5.79 Å². The summed E-state index contributed by atoms with van der Waals surface area (Å²) < 4.78 is 11.7. The molecule has 3 fully saturated rings. The van der Waals surface area contributed by atoms with E-state index in [2.05, 4.69) is 6.92 Å². The van der Waals surface area contributed by atoms with Gasteiger partial charge in [0.1, 0.15) is 5.78 Å². The Morgan fingerprint density at radius 3 is 2.72 bits per heavy atom. The smallest absolute Gasteiger partial charge is 0.171 e. The lowest BCUT2D eigenvalue weighted by atomic mass is 9.59. The zero-order valence-corrected chi connectivity index (χ0v) is 11.7. The first kappa shape index (κ1) is 12.6. The number of carbonyl (C=O) groups excluding carboxylic acids is 1. The van der Waals surface area contributed by atoms with Crippen LogP contribution in [0.15, 0.2) is 0 Å². The molecule has 0 spiro atoms. The average Bonchev–Trinajstić information content (AvgIpc) is 2.89. The Morgan fingerprint density at radius 2 is 2.06 bits per heavy atom. The molecule has 1 heterocycles. The molecule has 1 saturated heterocycles. The third kappa shape index (κ3) is 1.53. The minimum absolute atomic E-state index is 0.233. The number of rotatable bonds is 2. The Morgan fingerprint density at radius 1 is 1.28 bits per heavy atom. The number of fused-ring (bicyclic) bond motifs is 3. The molecular weight excluding hydrogens is 228 g/mol. The van der Waals surface area contributed by atoms with Gasteiger partial charge in [-0.05, 0) is 43.9 Å². The standard InChI is InChI=1S/C15H24O3/c1-10(16)11-4-6-14(2)7-8-15(17-3)12(13(11)14)5-9-18-15/h11-13H,4-9H2,1-3H3/t11-,12+,13+,14+,15-/m0/s1. The highest BCUT2D eigenvalue weighted by molar-refractivity contribution is 5.79. The van der Waals surface area contributed by atoms with E-state index in [1.54, 1.807) is 14.0 Å². The fraction of sp³-hybridized carbons (Fsp3) is 0.933. The van der Waals surface area contributed by atoms with E-state index < -0.39 is 0 Å². The highest BCUT2D eigenvalue weighted by Gasteiger charge is 2.62. The Kier molecular flexibility index (Phi) is 2.83. The highest BCUT2D eigenvalue weighted by Crippen LogP contribution is 2.62. The van der Waals surface area contributed by atoms with Crippen LogP contribution in [0.25, 0.3) is 0 Å². The normalized spacial score (nSPS) is 50.9. The molecule has 0 aromatic carbocycles. The Bertz CT molecular complexity index is 367. The van der Waals surface area contributed by atoms with Gasteiger partial charge in [-0.3, -0.25) is 4.79 Å². The van der Waals surface area contributed by atoms with Crippen LogP contribution in [0.5, 0.6) is 0 Å². The topological polar surface area (TPSA) is 35.5 Å². The van der Waals surface area contributed by atoms with Gasteiger partial charge in [-0.2, -0.15) is 0 Å². The van der Waals surface area contributed by atoms with Crippen LogP contribution in [-0.4, -0.2) is 25.3 Å². The molecule has 18 heavy (non-hydrogen) atoms. The first-order valence-corrected chi connectivity index (χ1v) is 7.22. The van der Waals surface area contributed by atoms with Gasteiger partial charge in [-0.1, -0.05) is 6.92 Å². The van der Waals surface area contributed by atoms with Crippen LogP contribution in [0.1, 0.15) is 46.0 Å². The van der Waals surface area contributed by atoms with Crippen molar-refractivity contribution < 1.29 is 14.3 Å². The number of hydrogen-bond donors (Lipinski definition) is 0. The summed E-state index contributed by atoms with van der Waals surface area (Å²) >= 11 is 0. The quantitative estimate of drug-likeness (QED) is 0.758. The van der Waals surface area contributed by atoms with Crippen LogP contribution < -0.4 is 0 Å². The van der Waals surface area contributed by atoms with Gasteiger partial charge < -0.3 is 9.47 Å². The second kappa shape index (κ2) is 4.04. The molecule has 1 aliphatic heterocycles. The molecule has 5 atom stereocenters. The van der Waals surface area contributed by atoms with Crippen molar-refractivity contribution in [2.45, 2.75) is 51.7 Å². The fourth-order valence-corrected chi connectivity index (χ4v) is 5.00. The van der Waals surface area contributed by atoms with Gasteiger partial charge in [0.25, 0.3) is 0 Å². The van der Waals surface area contributed by atoms with Crippen LogP contribution in [0, 0.1) is 23.2 Å². The first-order valence-electron chi connectivity index (χ1n) is 7.22. The molecule has 0 bridgehead atoms. The van der Waals surface area contributed by atoms with Gasteiger partial charge >= 0.3 is 0 Å². The highest BCUT2D eigenvalue weighted by atomic mass is 16.7. The molecule has 3 rings (SSSR count). The minimum Gasteiger partial charge on any atom is -0.353 e. The van der Waals surface area contributed by atoms with Crippen molar-refractivity contribution in [2.75, 3.05) is 13.7 Å². The number of methoxy groups -OCH3 is 1. The molecule has 0 unspecified atom stereocenters. The molecule has 3 heteroatoms. The largest absolute Gasteiger partial charge is 0.353 e. The van der Waals surface area contributed by atoms with Crippen molar-refractivity contribution in [3.05, 3.63) is 0 Å².